The largest absolute Gasteiger partial charge is 0.358 e. The number of hydrogen-bond acceptors (Lipinski definition) is 5. The normalized spacial score (nSPS) is 17.2. The van der Waals surface area contributed by atoms with E-state index in [1.807, 2.05) is 20.8 Å². The molecule has 8 heteroatoms. The Morgan fingerprint density at radius 1 is 1.13 bits per heavy atom. The minimum atomic E-state index is -0.242. The summed E-state index contributed by atoms with van der Waals surface area (Å²) in [5, 5.41) is 26.2. The highest BCUT2D eigenvalue weighted by molar-refractivity contribution is 6.09. The van der Waals surface area contributed by atoms with Crippen molar-refractivity contribution in [2.24, 2.45) is 0 Å². The number of nitrogens with one attached hydrogen (secondary N) is 4. The van der Waals surface area contributed by atoms with Gasteiger partial charge in [-0.1, -0.05) is 12.2 Å². The van der Waals surface area contributed by atoms with Gasteiger partial charge in [0.15, 0.2) is 0 Å². The van der Waals surface area contributed by atoms with Crippen molar-refractivity contribution in [2.75, 3.05) is 19.6 Å². The molecule has 1 aliphatic heterocycles. The van der Waals surface area contributed by atoms with Gasteiger partial charge in [-0.2, -0.15) is 10.5 Å². The fourth-order valence-corrected chi connectivity index (χ4v) is 3.29. The molecule has 0 bridgehead atoms. The number of hydrogen-bond donors (Lipinski definition) is 4. The summed E-state index contributed by atoms with van der Waals surface area (Å²) in [7, 11) is 0. The number of aryl methyl sites for hydroxylation is 1. The predicted molar refractivity (Wildman–Crippen MR) is 114 cm³/mol. The van der Waals surface area contributed by atoms with Crippen LogP contribution in [-0.2, 0) is 4.79 Å². The molecule has 0 unspecified atom stereocenters. The molecule has 0 aromatic carbocycles. The Balaban J connectivity index is 2.22. The molecular weight excluding hydrogens is 380 g/mol. The third-order valence-corrected chi connectivity index (χ3v) is 4.75. The Hall–Kier alpha value is -3.62. The van der Waals surface area contributed by atoms with Crippen LogP contribution >= 0.6 is 0 Å². The van der Waals surface area contributed by atoms with Gasteiger partial charge in [0, 0.05) is 48.7 Å². The molecule has 0 spiro atoms. The molecule has 0 radical (unpaired) electrons. The molecule has 30 heavy (non-hydrogen) atoms. The van der Waals surface area contributed by atoms with Gasteiger partial charge in [0.1, 0.15) is 0 Å². The molecule has 1 saturated heterocycles. The Morgan fingerprint density at radius 2 is 1.90 bits per heavy atom. The average molecular weight is 406 g/mol. The molecule has 1 aromatic heterocycles. The van der Waals surface area contributed by atoms with E-state index in [0.717, 1.165) is 5.56 Å². The van der Waals surface area contributed by atoms with Crippen LogP contribution in [0.2, 0.25) is 0 Å². The van der Waals surface area contributed by atoms with Gasteiger partial charge in [-0.25, -0.2) is 0 Å². The number of aromatic amines is 1. The van der Waals surface area contributed by atoms with Crippen molar-refractivity contribution in [3.63, 3.8) is 0 Å². The summed E-state index contributed by atoms with van der Waals surface area (Å²) in [5.41, 5.74) is 4.49. The topological polar surface area (TPSA) is 134 Å². The summed E-state index contributed by atoms with van der Waals surface area (Å²) >= 11 is 0. The molecular formula is C22H26N6O2. The third kappa shape index (κ3) is 5.25. The maximum absolute atomic E-state index is 12.6. The fraction of sp³-hybridized carbons (Fsp3) is 0.364. The van der Waals surface area contributed by atoms with E-state index in [9.17, 15) is 9.59 Å². The van der Waals surface area contributed by atoms with Crippen LogP contribution in [0.15, 0.2) is 29.0 Å². The van der Waals surface area contributed by atoms with E-state index in [-0.39, 0.29) is 18.2 Å². The number of carbonyl (C=O) groups excluding carboxylic acids is 2. The summed E-state index contributed by atoms with van der Waals surface area (Å²) < 4.78 is 0. The second kappa shape index (κ2) is 10.8. The molecule has 0 atom stereocenters. The van der Waals surface area contributed by atoms with E-state index >= 15 is 0 Å². The highest BCUT2D eigenvalue weighted by Gasteiger charge is 2.27. The Bertz CT molecular complexity index is 998. The molecule has 4 N–H and O–H groups in total. The quantitative estimate of drug-likeness (QED) is 0.388. The van der Waals surface area contributed by atoms with E-state index in [2.05, 4.69) is 33.1 Å². The van der Waals surface area contributed by atoms with Crippen molar-refractivity contribution in [1.82, 2.24) is 20.9 Å². The van der Waals surface area contributed by atoms with Gasteiger partial charge in [-0.3, -0.25) is 9.59 Å². The summed E-state index contributed by atoms with van der Waals surface area (Å²) in [4.78, 5) is 28.3. The Morgan fingerprint density at radius 3 is 2.57 bits per heavy atom. The van der Waals surface area contributed by atoms with Crippen molar-refractivity contribution in [3.8, 4) is 12.1 Å². The molecule has 1 fully saturated rings. The van der Waals surface area contributed by atoms with E-state index in [1.165, 1.54) is 0 Å². The number of nitrogens with zero attached hydrogens (tertiary/aromatic N) is 2. The van der Waals surface area contributed by atoms with Crippen LogP contribution in [0.5, 0.6) is 0 Å². The Kier molecular flexibility index (Phi) is 8.16. The zero-order valence-corrected chi connectivity index (χ0v) is 17.5. The van der Waals surface area contributed by atoms with Gasteiger partial charge in [0.05, 0.1) is 29.7 Å². The molecule has 2 rings (SSSR count). The maximum Gasteiger partial charge on any atom is 0.256 e. The van der Waals surface area contributed by atoms with Crippen LogP contribution in [0.25, 0.3) is 6.08 Å². The first-order valence-corrected chi connectivity index (χ1v) is 9.76. The number of amides is 2. The van der Waals surface area contributed by atoms with E-state index in [0.29, 0.717) is 59.8 Å². The van der Waals surface area contributed by atoms with Crippen LogP contribution in [0.4, 0.5) is 0 Å². The van der Waals surface area contributed by atoms with E-state index < -0.39 is 0 Å². The third-order valence-electron chi connectivity index (χ3n) is 4.75. The first-order chi connectivity index (χ1) is 14.4. The maximum atomic E-state index is 12.6. The van der Waals surface area contributed by atoms with Crippen molar-refractivity contribution < 1.29 is 9.59 Å². The molecule has 0 aliphatic carbocycles. The smallest absolute Gasteiger partial charge is 0.256 e. The second-order valence-electron chi connectivity index (χ2n) is 6.77. The van der Waals surface area contributed by atoms with Gasteiger partial charge < -0.3 is 20.9 Å². The van der Waals surface area contributed by atoms with E-state index in [4.69, 9.17) is 10.5 Å². The standard InChI is InChI=1S/C22H26N6O2/c1-4-18-16(7-5-8-23)17(21(29)28-18)13-19-14(2)20(15(3)27-19)22(30)26-12-11-25-10-6-9-24/h4,7,13,25,27H,5-6,10-12H2,1-3H3,(H,26,30)(H,28,29). The fourth-order valence-electron chi connectivity index (χ4n) is 3.29. The summed E-state index contributed by atoms with van der Waals surface area (Å²) in [5.74, 6) is -0.438. The lowest BCUT2D eigenvalue weighted by Crippen LogP contribution is -2.32. The van der Waals surface area contributed by atoms with Crippen LogP contribution in [0.3, 0.4) is 0 Å². The molecule has 156 valence electrons. The number of carbonyl (C=O) groups is 2. The first kappa shape index (κ1) is 22.7. The molecule has 8 nitrogen and oxygen atoms in total. The summed E-state index contributed by atoms with van der Waals surface area (Å²) in [6, 6.07) is 4.12. The molecule has 1 aliphatic rings. The zero-order chi connectivity index (χ0) is 22.1. The molecule has 0 saturated carbocycles. The average Bonchev–Trinajstić information content (AvgIpc) is 3.18. The predicted octanol–water partition coefficient (Wildman–Crippen LogP) is 2.12. The number of aromatic nitrogens is 1. The highest BCUT2D eigenvalue weighted by Crippen LogP contribution is 2.29. The van der Waals surface area contributed by atoms with Gasteiger partial charge >= 0.3 is 0 Å². The minimum absolute atomic E-state index is 0.192. The van der Waals surface area contributed by atoms with Crippen LogP contribution in [0, 0.1) is 36.5 Å². The van der Waals surface area contributed by atoms with Crippen molar-refractivity contribution >= 4 is 17.9 Å². The lowest BCUT2D eigenvalue weighted by atomic mass is 10.0. The molecule has 1 aromatic rings. The number of nitriles is 2. The monoisotopic (exact) mass is 406 g/mol. The van der Waals surface area contributed by atoms with Crippen molar-refractivity contribution in [1.29, 1.82) is 10.5 Å². The number of allylic oxidation sites excluding steroid dienone is 3. The summed E-state index contributed by atoms with van der Waals surface area (Å²) in [6.07, 6.45) is 5.85. The van der Waals surface area contributed by atoms with Gasteiger partial charge in [-0.05, 0) is 32.4 Å². The van der Waals surface area contributed by atoms with Gasteiger partial charge in [0.2, 0.25) is 0 Å². The van der Waals surface area contributed by atoms with Crippen LogP contribution in [-0.4, -0.2) is 36.4 Å². The van der Waals surface area contributed by atoms with Crippen LogP contribution in [0.1, 0.15) is 47.1 Å². The highest BCUT2D eigenvalue weighted by atomic mass is 16.2. The minimum Gasteiger partial charge on any atom is -0.358 e. The SMILES string of the molecule is CC=C1NC(=O)C(=Cc2[nH]c(C)c(C(=O)NCCNCCC#N)c2C)C1=CCC#N. The van der Waals surface area contributed by atoms with Crippen molar-refractivity contribution in [2.45, 2.75) is 33.6 Å². The lowest BCUT2D eigenvalue weighted by Gasteiger charge is -2.06. The van der Waals surface area contributed by atoms with E-state index in [1.54, 1.807) is 18.2 Å². The lowest BCUT2D eigenvalue weighted by molar-refractivity contribution is -0.115. The number of rotatable bonds is 8. The van der Waals surface area contributed by atoms with Gasteiger partial charge in [0.25, 0.3) is 11.8 Å². The Labute approximate surface area is 176 Å². The number of H-pyrrole nitrogens is 1. The first-order valence-electron chi connectivity index (χ1n) is 9.76. The zero-order valence-electron chi connectivity index (χ0n) is 17.5. The molecule has 2 heterocycles. The van der Waals surface area contributed by atoms with Crippen LogP contribution < -0.4 is 16.0 Å². The second-order valence-corrected chi connectivity index (χ2v) is 6.77. The van der Waals surface area contributed by atoms with Gasteiger partial charge in [-0.15, -0.1) is 0 Å². The van der Waals surface area contributed by atoms with Crippen molar-refractivity contribution in [3.05, 3.63) is 51.5 Å². The molecule has 2 amide bonds. The summed E-state index contributed by atoms with van der Waals surface area (Å²) in [6.45, 7) is 7.07.